The van der Waals surface area contributed by atoms with Crippen LogP contribution in [0.1, 0.15) is 84.5 Å². The Morgan fingerprint density at radius 2 is 1.42 bits per heavy atom. The minimum absolute atomic E-state index is 0.0439. The summed E-state index contributed by atoms with van der Waals surface area (Å²) in [5, 5.41) is 0. The molecule has 0 radical (unpaired) electrons. The molecule has 0 aliphatic carbocycles. The summed E-state index contributed by atoms with van der Waals surface area (Å²) in [6.45, 7) is 3.23. The van der Waals surface area contributed by atoms with Gasteiger partial charge in [-0.15, -0.1) is 0 Å². The molecular formula is C28H48NO8P. The van der Waals surface area contributed by atoms with E-state index in [4.69, 9.17) is 19.7 Å². The highest BCUT2D eigenvalue weighted by Gasteiger charge is 2.25. The molecule has 0 saturated heterocycles. The summed E-state index contributed by atoms with van der Waals surface area (Å²) in [5.41, 5.74) is 5.26. The summed E-state index contributed by atoms with van der Waals surface area (Å²) in [7, 11) is -4.35. The number of esters is 2. The second kappa shape index (κ2) is 25.3. The van der Waals surface area contributed by atoms with Crippen molar-refractivity contribution in [3.05, 3.63) is 48.6 Å². The molecular weight excluding hydrogens is 509 g/mol. The predicted molar refractivity (Wildman–Crippen MR) is 150 cm³/mol. The zero-order valence-electron chi connectivity index (χ0n) is 23.1. The predicted octanol–water partition coefficient (Wildman–Crippen LogP) is 6.09. The Bertz CT molecular complexity index is 779. The third-order valence-electron chi connectivity index (χ3n) is 4.98. The van der Waals surface area contributed by atoms with Crippen molar-refractivity contribution >= 4 is 19.8 Å². The minimum atomic E-state index is -4.35. The van der Waals surface area contributed by atoms with Gasteiger partial charge in [0.1, 0.15) is 6.61 Å². The largest absolute Gasteiger partial charge is 0.472 e. The van der Waals surface area contributed by atoms with Gasteiger partial charge in [0.25, 0.3) is 0 Å². The summed E-state index contributed by atoms with van der Waals surface area (Å²) in [5.74, 6) is -0.929. The van der Waals surface area contributed by atoms with Gasteiger partial charge in [-0.25, -0.2) is 4.57 Å². The number of unbranched alkanes of at least 4 members (excludes halogenated alkanes) is 3. The first-order valence-electron chi connectivity index (χ1n) is 13.6. The van der Waals surface area contributed by atoms with E-state index in [1.54, 1.807) is 0 Å². The zero-order chi connectivity index (χ0) is 28.3. The summed E-state index contributed by atoms with van der Waals surface area (Å²) in [4.78, 5) is 33.7. The standard InChI is InChI=1S/C28H48NO8P/c1-3-5-7-8-9-10-11-12-13-14-15-16-17-18-19-21-28(31)37-26(24-34-27(30)20-6-4-2)25-36-38(32,33)35-23-22-29/h5,7,9-10,12-13,15-16,26H,3-4,6,8,11,14,17-25,29H2,1-2H3,(H,32,33)/b7-5-,10-9-,13-12-,16-15-. The van der Waals surface area contributed by atoms with Crippen molar-refractivity contribution in [2.24, 2.45) is 5.73 Å². The number of carbonyl (C=O) groups excluding carboxylic acids is 2. The van der Waals surface area contributed by atoms with E-state index in [1.807, 2.05) is 6.92 Å². The molecule has 0 aromatic rings. The molecule has 0 aromatic carbocycles. The molecule has 0 bridgehead atoms. The van der Waals surface area contributed by atoms with Gasteiger partial charge < -0.3 is 20.1 Å². The maximum Gasteiger partial charge on any atom is 0.472 e. The number of allylic oxidation sites excluding steroid dienone is 8. The lowest BCUT2D eigenvalue weighted by Crippen LogP contribution is -2.29. The average molecular weight is 558 g/mol. The molecule has 2 unspecified atom stereocenters. The Labute approximate surface area is 228 Å². The van der Waals surface area contributed by atoms with E-state index in [-0.39, 0.29) is 32.6 Å². The highest BCUT2D eigenvalue weighted by molar-refractivity contribution is 7.47. The quantitative estimate of drug-likeness (QED) is 0.0625. The maximum atomic E-state index is 12.3. The molecule has 38 heavy (non-hydrogen) atoms. The highest BCUT2D eigenvalue weighted by Crippen LogP contribution is 2.43. The second-order valence-corrected chi connectivity index (χ2v) is 9.98. The molecule has 0 heterocycles. The summed E-state index contributed by atoms with van der Waals surface area (Å²) < 4.78 is 31.9. The SMILES string of the molecule is CC/C=C\C/C=C\C/C=C\C/C=C\CCCCC(=O)OC(COC(=O)CCCC)COP(=O)(O)OCCN. The Balaban J connectivity index is 4.30. The van der Waals surface area contributed by atoms with Gasteiger partial charge in [-0.2, -0.15) is 0 Å². The van der Waals surface area contributed by atoms with Gasteiger partial charge in [0, 0.05) is 19.4 Å². The highest BCUT2D eigenvalue weighted by atomic mass is 31.2. The van der Waals surface area contributed by atoms with Crippen molar-refractivity contribution in [3.63, 3.8) is 0 Å². The van der Waals surface area contributed by atoms with Gasteiger partial charge in [-0.05, 0) is 51.4 Å². The number of phosphoric ester groups is 1. The molecule has 9 nitrogen and oxygen atoms in total. The van der Waals surface area contributed by atoms with Crippen molar-refractivity contribution < 1.29 is 37.6 Å². The average Bonchev–Trinajstić information content (AvgIpc) is 2.90. The van der Waals surface area contributed by atoms with Crippen LogP contribution in [0.5, 0.6) is 0 Å². The van der Waals surface area contributed by atoms with E-state index in [9.17, 15) is 19.0 Å². The summed E-state index contributed by atoms with van der Waals surface area (Å²) in [6, 6.07) is 0. The van der Waals surface area contributed by atoms with Gasteiger partial charge in [0.2, 0.25) is 0 Å². The smallest absolute Gasteiger partial charge is 0.462 e. The maximum absolute atomic E-state index is 12.3. The van der Waals surface area contributed by atoms with Crippen LogP contribution in [-0.2, 0) is 32.7 Å². The third-order valence-corrected chi connectivity index (χ3v) is 5.96. The number of nitrogens with two attached hydrogens (primary N) is 1. The van der Waals surface area contributed by atoms with Gasteiger partial charge in [-0.3, -0.25) is 18.6 Å². The van der Waals surface area contributed by atoms with E-state index < -0.39 is 32.5 Å². The molecule has 0 aliphatic rings. The van der Waals surface area contributed by atoms with E-state index >= 15 is 0 Å². The number of carbonyl (C=O) groups is 2. The molecule has 10 heteroatoms. The van der Waals surface area contributed by atoms with E-state index in [2.05, 4.69) is 60.1 Å². The summed E-state index contributed by atoms with van der Waals surface area (Å²) >= 11 is 0. The molecule has 0 spiro atoms. The van der Waals surface area contributed by atoms with Crippen LogP contribution in [-0.4, -0.2) is 49.3 Å². The van der Waals surface area contributed by atoms with Crippen molar-refractivity contribution in [2.75, 3.05) is 26.4 Å². The number of phosphoric acid groups is 1. The Kier molecular flexibility index (Phi) is 23.9. The van der Waals surface area contributed by atoms with Crippen LogP contribution in [0.3, 0.4) is 0 Å². The van der Waals surface area contributed by atoms with Crippen LogP contribution in [0.4, 0.5) is 0 Å². The summed E-state index contributed by atoms with van der Waals surface area (Å²) in [6.07, 6.45) is 24.1. The van der Waals surface area contributed by atoms with Gasteiger partial charge in [0.05, 0.1) is 13.2 Å². The number of ether oxygens (including phenoxy) is 2. The van der Waals surface area contributed by atoms with Crippen molar-refractivity contribution in [1.29, 1.82) is 0 Å². The number of hydrogen-bond donors (Lipinski definition) is 2. The number of hydrogen-bond acceptors (Lipinski definition) is 8. The zero-order valence-corrected chi connectivity index (χ0v) is 24.0. The fourth-order valence-electron chi connectivity index (χ4n) is 2.95. The van der Waals surface area contributed by atoms with Crippen LogP contribution in [0.15, 0.2) is 48.6 Å². The molecule has 0 amide bonds. The van der Waals surface area contributed by atoms with Crippen molar-refractivity contribution in [3.8, 4) is 0 Å². The van der Waals surface area contributed by atoms with Crippen LogP contribution < -0.4 is 5.73 Å². The molecule has 2 atom stereocenters. The third kappa shape index (κ3) is 24.3. The molecule has 0 aliphatic heterocycles. The normalized spacial score (nSPS) is 14.5. The topological polar surface area (TPSA) is 134 Å². The lowest BCUT2D eigenvalue weighted by atomic mass is 10.2. The van der Waals surface area contributed by atoms with Gasteiger partial charge in [-0.1, -0.05) is 68.9 Å². The van der Waals surface area contributed by atoms with Gasteiger partial charge >= 0.3 is 19.8 Å². The van der Waals surface area contributed by atoms with Crippen LogP contribution >= 0.6 is 7.82 Å². The van der Waals surface area contributed by atoms with Crippen molar-refractivity contribution in [2.45, 2.75) is 90.6 Å². The van der Waals surface area contributed by atoms with Crippen LogP contribution in [0.25, 0.3) is 0 Å². The van der Waals surface area contributed by atoms with E-state index in [0.717, 1.165) is 44.9 Å². The van der Waals surface area contributed by atoms with Crippen LogP contribution in [0.2, 0.25) is 0 Å². The van der Waals surface area contributed by atoms with Crippen molar-refractivity contribution in [1.82, 2.24) is 0 Å². The molecule has 0 rings (SSSR count). The second-order valence-electron chi connectivity index (χ2n) is 8.53. The molecule has 0 aromatic heterocycles. The lowest BCUT2D eigenvalue weighted by Gasteiger charge is -2.19. The monoisotopic (exact) mass is 557 g/mol. The molecule has 218 valence electrons. The lowest BCUT2D eigenvalue weighted by molar-refractivity contribution is -0.161. The fourth-order valence-corrected chi connectivity index (χ4v) is 3.72. The molecule has 0 fully saturated rings. The van der Waals surface area contributed by atoms with E-state index in [0.29, 0.717) is 12.8 Å². The Morgan fingerprint density at radius 1 is 0.816 bits per heavy atom. The molecule has 0 saturated carbocycles. The van der Waals surface area contributed by atoms with E-state index in [1.165, 1.54) is 0 Å². The van der Waals surface area contributed by atoms with Gasteiger partial charge in [0.15, 0.2) is 6.10 Å². The Hall–Kier alpha value is -2.03. The Morgan fingerprint density at radius 3 is 2.03 bits per heavy atom. The number of rotatable bonds is 24. The minimum Gasteiger partial charge on any atom is -0.462 e. The first kappa shape index (κ1) is 36.0. The first-order chi connectivity index (χ1) is 18.3. The molecule has 3 N–H and O–H groups in total. The first-order valence-corrected chi connectivity index (χ1v) is 15.1. The van der Waals surface area contributed by atoms with Crippen LogP contribution in [0, 0.1) is 0 Å². The fraction of sp³-hybridized carbons (Fsp3) is 0.643.